The topological polar surface area (TPSA) is 26.0 Å². The number of hydrogen-bond donors (Lipinski definition) is 1. The van der Waals surface area contributed by atoms with E-state index < -0.39 is 0 Å². The van der Waals surface area contributed by atoms with Crippen molar-refractivity contribution in [3.63, 3.8) is 0 Å². The van der Waals surface area contributed by atoms with Crippen molar-refractivity contribution in [2.45, 2.75) is 25.3 Å². The van der Waals surface area contributed by atoms with Gasteiger partial charge in [0.25, 0.3) is 0 Å². The van der Waals surface area contributed by atoms with Crippen LogP contribution in [0.4, 0.5) is 0 Å². The Bertz CT molecular complexity index is 90.2. The fourth-order valence-corrected chi connectivity index (χ4v) is 1.75. The van der Waals surface area contributed by atoms with E-state index in [1.807, 2.05) is 0 Å². The van der Waals surface area contributed by atoms with E-state index in [1.165, 1.54) is 19.3 Å². The molecule has 0 radical (unpaired) electrons. The SMILES string of the molecule is N[C@@H]1CC[C@H]2C[C@H]21. The highest BCUT2D eigenvalue weighted by Gasteiger charge is 2.45. The van der Waals surface area contributed by atoms with Gasteiger partial charge in [0.2, 0.25) is 0 Å². The molecule has 1 heteroatoms. The Labute approximate surface area is 43.9 Å². The summed E-state index contributed by atoms with van der Waals surface area (Å²) in [6.45, 7) is 0. The summed E-state index contributed by atoms with van der Waals surface area (Å²) in [6.07, 6.45) is 4.17. The van der Waals surface area contributed by atoms with Crippen molar-refractivity contribution in [1.82, 2.24) is 0 Å². The predicted molar refractivity (Wildman–Crippen MR) is 28.8 cm³/mol. The Morgan fingerprint density at radius 3 is 2.29 bits per heavy atom. The first-order valence-corrected chi connectivity index (χ1v) is 3.13. The molecule has 7 heavy (non-hydrogen) atoms. The van der Waals surface area contributed by atoms with E-state index in [0.29, 0.717) is 6.04 Å². The molecule has 0 bridgehead atoms. The molecule has 0 aliphatic heterocycles. The van der Waals surface area contributed by atoms with Crippen molar-refractivity contribution in [3.8, 4) is 0 Å². The van der Waals surface area contributed by atoms with E-state index in [9.17, 15) is 0 Å². The number of fused-ring (bicyclic) bond motifs is 1. The Hall–Kier alpha value is -0.0400. The Morgan fingerprint density at radius 1 is 1.29 bits per heavy atom. The third-order valence-corrected chi connectivity index (χ3v) is 2.40. The lowest BCUT2D eigenvalue weighted by atomic mass is 10.2. The van der Waals surface area contributed by atoms with Gasteiger partial charge >= 0.3 is 0 Å². The highest BCUT2D eigenvalue weighted by atomic mass is 14.7. The Morgan fingerprint density at radius 2 is 2.14 bits per heavy atom. The van der Waals surface area contributed by atoms with Crippen molar-refractivity contribution in [2.75, 3.05) is 0 Å². The van der Waals surface area contributed by atoms with Crippen LogP contribution in [0.25, 0.3) is 0 Å². The molecular weight excluding hydrogens is 86.1 g/mol. The summed E-state index contributed by atoms with van der Waals surface area (Å²) in [5, 5.41) is 0. The summed E-state index contributed by atoms with van der Waals surface area (Å²) >= 11 is 0. The van der Waals surface area contributed by atoms with Crippen LogP contribution in [0.5, 0.6) is 0 Å². The Kier molecular flexibility index (Phi) is 0.571. The molecule has 0 aromatic heterocycles. The standard InChI is InChI=1S/C6H11N/c7-6-2-1-4-3-5(4)6/h4-6H,1-3,7H2/t4-,5+,6+/m0/s1. The molecule has 2 fully saturated rings. The largest absolute Gasteiger partial charge is 0.327 e. The van der Waals surface area contributed by atoms with Gasteiger partial charge in [-0.15, -0.1) is 0 Å². The highest BCUT2D eigenvalue weighted by Crippen LogP contribution is 2.50. The molecule has 2 aliphatic rings. The number of hydrogen-bond acceptors (Lipinski definition) is 1. The second kappa shape index (κ2) is 1.03. The maximum atomic E-state index is 5.72. The molecule has 0 saturated heterocycles. The number of rotatable bonds is 0. The molecule has 2 N–H and O–H groups in total. The van der Waals surface area contributed by atoms with Gasteiger partial charge in [-0.25, -0.2) is 0 Å². The van der Waals surface area contributed by atoms with E-state index in [0.717, 1.165) is 11.8 Å². The molecule has 0 aromatic carbocycles. The first-order chi connectivity index (χ1) is 3.38. The van der Waals surface area contributed by atoms with E-state index in [-0.39, 0.29) is 0 Å². The van der Waals surface area contributed by atoms with E-state index >= 15 is 0 Å². The molecule has 2 rings (SSSR count). The van der Waals surface area contributed by atoms with Crippen LogP contribution in [-0.2, 0) is 0 Å². The zero-order chi connectivity index (χ0) is 4.85. The molecule has 2 aliphatic carbocycles. The molecule has 0 amide bonds. The third kappa shape index (κ3) is 0.418. The normalized spacial score (nSPS) is 57.0. The van der Waals surface area contributed by atoms with Gasteiger partial charge in [0.05, 0.1) is 0 Å². The van der Waals surface area contributed by atoms with Crippen LogP contribution in [-0.4, -0.2) is 6.04 Å². The molecular formula is C6H11N. The maximum absolute atomic E-state index is 5.72. The molecule has 40 valence electrons. The lowest BCUT2D eigenvalue weighted by molar-refractivity contribution is 0.614. The molecule has 0 aromatic rings. The van der Waals surface area contributed by atoms with Crippen LogP contribution in [0.2, 0.25) is 0 Å². The Balaban J connectivity index is 2.08. The number of nitrogens with two attached hydrogens (primary N) is 1. The average molecular weight is 97.2 g/mol. The van der Waals surface area contributed by atoms with E-state index in [2.05, 4.69) is 0 Å². The third-order valence-electron chi connectivity index (χ3n) is 2.40. The van der Waals surface area contributed by atoms with Gasteiger partial charge in [-0.05, 0) is 31.1 Å². The lowest BCUT2D eigenvalue weighted by Crippen LogP contribution is -2.18. The second-order valence-corrected chi connectivity index (χ2v) is 2.90. The van der Waals surface area contributed by atoms with Crippen LogP contribution in [0.1, 0.15) is 19.3 Å². The highest BCUT2D eigenvalue weighted by molar-refractivity contribution is 4.99. The second-order valence-electron chi connectivity index (χ2n) is 2.90. The van der Waals surface area contributed by atoms with Crippen LogP contribution >= 0.6 is 0 Å². The van der Waals surface area contributed by atoms with E-state index in [1.54, 1.807) is 0 Å². The van der Waals surface area contributed by atoms with Gasteiger partial charge in [-0.2, -0.15) is 0 Å². The zero-order valence-corrected chi connectivity index (χ0v) is 4.43. The summed E-state index contributed by atoms with van der Waals surface area (Å²) in [5.41, 5.74) is 5.72. The van der Waals surface area contributed by atoms with Gasteiger partial charge in [-0.3, -0.25) is 0 Å². The first kappa shape index (κ1) is 3.90. The summed E-state index contributed by atoms with van der Waals surface area (Å²) < 4.78 is 0. The molecule has 0 spiro atoms. The van der Waals surface area contributed by atoms with Gasteiger partial charge in [0.15, 0.2) is 0 Å². The van der Waals surface area contributed by atoms with Crippen molar-refractivity contribution in [2.24, 2.45) is 17.6 Å². The molecule has 3 atom stereocenters. The zero-order valence-electron chi connectivity index (χ0n) is 4.43. The van der Waals surface area contributed by atoms with Crippen molar-refractivity contribution < 1.29 is 0 Å². The van der Waals surface area contributed by atoms with Gasteiger partial charge in [0.1, 0.15) is 0 Å². The van der Waals surface area contributed by atoms with Crippen LogP contribution in [0.15, 0.2) is 0 Å². The van der Waals surface area contributed by atoms with Crippen LogP contribution < -0.4 is 5.73 Å². The first-order valence-electron chi connectivity index (χ1n) is 3.13. The molecule has 1 nitrogen and oxygen atoms in total. The lowest BCUT2D eigenvalue weighted by Gasteiger charge is -1.99. The smallest absolute Gasteiger partial charge is 0.00700 e. The van der Waals surface area contributed by atoms with Crippen molar-refractivity contribution in [1.29, 1.82) is 0 Å². The average Bonchev–Trinajstić information content (AvgIpc) is 2.33. The predicted octanol–water partition coefficient (Wildman–Crippen LogP) is 0.744. The van der Waals surface area contributed by atoms with E-state index in [4.69, 9.17) is 5.73 Å². The van der Waals surface area contributed by atoms with Gasteiger partial charge in [0, 0.05) is 6.04 Å². The minimum absolute atomic E-state index is 0.588. The van der Waals surface area contributed by atoms with Crippen LogP contribution in [0, 0.1) is 11.8 Å². The minimum Gasteiger partial charge on any atom is -0.327 e. The summed E-state index contributed by atoms with van der Waals surface area (Å²) in [6, 6.07) is 0.588. The monoisotopic (exact) mass is 97.1 g/mol. The quantitative estimate of drug-likeness (QED) is 0.474. The summed E-state index contributed by atoms with van der Waals surface area (Å²) in [7, 11) is 0. The minimum atomic E-state index is 0.588. The summed E-state index contributed by atoms with van der Waals surface area (Å²) in [5.74, 6) is 2.02. The molecule has 0 heterocycles. The molecule has 2 saturated carbocycles. The molecule has 0 unspecified atom stereocenters. The van der Waals surface area contributed by atoms with Gasteiger partial charge < -0.3 is 5.73 Å². The maximum Gasteiger partial charge on any atom is 0.00700 e. The fraction of sp³-hybridized carbons (Fsp3) is 1.00. The van der Waals surface area contributed by atoms with Crippen molar-refractivity contribution in [3.05, 3.63) is 0 Å². The van der Waals surface area contributed by atoms with Crippen molar-refractivity contribution >= 4 is 0 Å². The fourth-order valence-electron chi connectivity index (χ4n) is 1.75. The van der Waals surface area contributed by atoms with Gasteiger partial charge in [-0.1, -0.05) is 0 Å². The summed E-state index contributed by atoms with van der Waals surface area (Å²) in [4.78, 5) is 0. The van der Waals surface area contributed by atoms with Crippen LogP contribution in [0.3, 0.4) is 0 Å².